The van der Waals surface area contributed by atoms with Crippen molar-refractivity contribution in [2.45, 2.75) is 12.3 Å². The Labute approximate surface area is 117 Å². The third-order valence-corrected chi connectivity index (χ3v) is 3.59. The van der Waals surface area contributed by atoms with Crippen molar-refractivity contribution in [3.05, 3.63) is 63.9 Å². The van der Waals surface area contributed by atoms with Crippen molar-refractivity contribution in [1.82, 2.24) is 4.98 Å². The predicted molar refractivity (Wildman–Crippen MR) is 76.2 cm³/mol. The third-order valence-electron chi connectivity index (χ3n) is 2.85. The van der Waals surface area contributed by atoms with Gasteiger partial charge < -0.3 is 5.73 Å². The SMILES string of the molecule is NCC[C@H](c1ccc(Cl)c(Cl)c1)c1ccccn1. The van der Waals surface area contributed by atoms with Crippen molar-refractivity contribution in [3.8, 4) is 0 Å². The molecule has 2 aromatic rings. The molecular weight excluding hydrogens is 267 g/mol. The minimum Gasteiger partial charge on any atom is -0.330 e. The molecule has 0 saturated heterocycles. The lowest BCUT2D eigenvalue weighted by atomic mass is 9.92. The van der Waals surface area contributed by atoms with Crippen LogP contribution < -0.4 is 5.73 Å². The van der Waals surface area contributed by atoms with Gasteiger partial charge in [0.2, 0.25) is 0 Å². The lowest BCUT2D eigenvalue weighted by Crippen LogP contribution is -2.10. The zero-order valence-corrected chi connectivity index (χ0v) is 11.3. The number of pyridine rings is 1. The highest BCUT2D eigenvalue weighted by Gasteiger charge is 2.15. The van der Waals surface area contributed by atoms with Crippen LogP contribution in [0.4, 0.5) is 0 Å². The van der Waals surface area contributed by atoms with Gasteiger partial charge in [0.1, 0.15) is 0 Å². The van der Waals surface area contributed by atoms with E-state index in [4.69, 9.17) is 28.9 Å². The minimum absolute atomic E-state index is 0.158. The quantitative estimate of drug-likeness (QED) is 0.924. The molecule has 1 heterocycles. The fourth-order valence-corrected chi connectivity index (χ4v) is 2.27. The largest absolute Gasteiger partial charge is 0.330 e. The fourth-order valence-electron chi connectivity index (χ4n) is 1.96. The number of aromatic nitrogens is 1. The van der Waals surface area contributed by atoms with Crippen LogP contribution in [0.5, 0.6) is 0 Å². The first-order chi connectivity index (χ1) is 8.72. The van der Waals surface area contributed by atoms with Crippen LogP contribution in [-0.2, 0) is 0 Å². The highest BCUT2D eigenvalue weighted by molar-refractivity contribution is 6.42. The zero-order valence-electron chi connectivity index (χ0n) is 9.81. The maximum atomic E-state index is 6.06. The Morgan fingerprint density at radius 3 is 2.56 bits per heavy atom. The maximum Gasteiger partial charge on any atom is 0.0595 e. The summed E-state index contributed by atoms with van der Waals surface area (Å²) in [5.41, 5.74) is 7.78. The molecule has 2 nitrogen and oxygen atoms in total. The molecule has 0 radical (unpaired) electrons. The Bertz CT molecular complexity index is 514. The van der Waals surface area contributed by atoms with E-state index in [0.29, 0.717) is 16.6 Å². The molecule has 0 spiro atoms. The van der Waals surface area contributed by atoms with Gasteiger partial charge in [-0.15, -0.1) is 0 Å². The summed E-state index contributed by atoms with van der Waals surface area (Å²) in [6, 6.07) is 11.6. The van der Waals surface area contributed by atoms with Gasteiger partial charge in [0.25, 0.3) is 0 Å². The molecule has 0 fully saturated rings. The molecule has 0 aliphatic heterocycles. The van der Waals surface area contributed by atoms with E-state index in [2.05, 4.69) is 4.98 Å². The standard InChI is InChI=1S/C14H14Cl2N2/c15-12-5-4-10(9-13(12)16)11(6-7-17)14-3-1-2-8-18-14/h1-5,8-9,11H,6-7,17H2/t11-/m1/s1. The van der Waals surface area contributed by atoms with Crippen molar-refractivity contribution >= 4 is 23.2 Å². The minimum atomic E-state index is 0.158. The van der Waals surface area contributed by atoms with E-state index >= 15 is 0 Å². The van der Waals surface area contributed by atoms with Gasteiger partial charge in [-0.2, -0.15) is 0 Å². The smallest absolute Gasteiger partial charge is 0.0595 e. The molecule has 0 unspecified atom stereocenters. The molecule has 1 aromatic carbocycles. The fraction of sp³-hybridized carbons (Fsp3) is 0.214. The number of nitrogens with zero attached hydrogens (tertiary/aromatic N) is 1. The second-order valence-corrected chi connectivity index (χ2v) is 4.87. The Hall–Kier alpha value is -1.09. The van der Waals surface area contributed by atoms with Crippen molar-refractivity contribution in [3.63, 3.8) is 0 Å². The van der Waals surface area contributed by atoms with Gasteiger partial charge in [-0.3, -0.25) is 4.98 Å². The van der Waals surface area contributed by atoms with Crippen LogP contribution in [0.15, 0.2) is 42.6 Å². The average molecular weight is 281 g/mol. The molecule has 94 valence electrons. The van der Waals surface area contributed by atoms with Crippen molar-refractivity contribution < 1.29 is 0 Å². The van der Waals surface area contributed by atoms with Crippen LogP contribution in [0, 0.1) is 0 Å². The lowest BCUT2D eigenvalue weighted by molar-refractivity contribution is 0.706. The molecule has 2 N–H and O–H groups in total. The first-order valence-electron chi connectivity index (χ1n) is 5.78. The lowest BCUT2D eigenvalue weighted by Gasteiger charge is -2.16. The molecule has 0 aliphatic carbocycles. The summed E-state index contributed by atoms with van der Waals surface area (Å²) in [4.78, 5) is 4.39. The van der Waals surface area contributed by atoms with Gasteiger partial charge in [0.15, 0.2) is 0 Å². The molecular formula is C14H14Cl2N2. The first kappa shape index (κ1) is 13.3. The maximum absolute atomic E-state index is 6.06. The molecule has 0 aliphatic rings. The van der Waals surface area contributed by atoms with E-state index in [1.54, 1.807) is 6.20 Å². The van der Waals surface area contributed by atoms with E-state index in [0.717, 1.165) is 17.7 Å². The summed E-state index contributed by atoms with van der Waals surface area (Å²) in [7, 11) is 0. The van der Waals surface area contributed by atoms with Crippen LogP contribution in [0.25, 0.3) is 0 Å². The van der Waals surface area contributed by atoms with E-state index in [1.807, 2.05) is 36.4 Å². The molecule has 18 heavy (non-hydrogen) atoms. The van der Waals surface area contributed by atoms with E-state index in [9.17, 15) is 0 Å². The van der Waals surface area contributed by atoms with Crippen molar-refractivity contribution in [2.75, 3.05) is 6.54 Å². The van der Waals surface area contributed by atoms with Gasteiger partial charge >= 0.3 is 0 Å². The summed E-state index contributed by atoms with van der Waals surface area (Å²) >= 11 is 12.0. The summed E-state index contributed by atoms with van der Waals surface area (Å²) in [5.74, 6) is 0.158. The van der Waals surface area contributed by atoms with Crippen LogP contribution in [0.2, 0.25) is 10.0 Å². The summed E-state index contributed by atoms with van der Waals surface area (Å²) in [6.07, 6.45) is 2.62. The van der Waals surface area contributed by atoms with E-state index < -0.39 is 0 Å². The van der Waals surface area contributed by atoms with Crippen molar-refractivity contribution in [2.24, 2.45) is 5.73 Å². The average Bonchev–Trinajstić information content (AvgIpc) is 2.40. The molecule has 1 atom stereocenters. The second kappa shape index (κ2) is 6.19. The first-order valence-corrected chi connectivity index (χ1v) is 6.54. The highest BCUT2D eigenvalue weighted by atomic mass is 35.5. The highest BCUT2D eigenvalue weighted by Crippen LogP contribution is 2.31. The van der Waals surface area contributed by atoms with Gasteiger partial charge in [-0.05, 0) is 42.8 Å². The van der Waals surface area contributed by atoms with Crippen LogP contribution >= 0.6 is 23.2 Å². The van der Waals surface area contributed by atoms with E-state index in [1.165, 1.54) is 0 Å². The van der Waals surface area contributed by atoms with Gasteiger partial charge in [-0.25, -0.2) is 0 Å². The zero-order chi connectivity index (χ0) is 13.0. The molecule has 0 bridgehead atoms. The number of hydrogen-bond acceptors (Lipinski definition) is 2. The van der Waals surface area contributed by atoms with Crippen molar-refractivity contribution in [1.29, 1.82) is 0 Å². The number of hydrogen-bond donors (Lipinski definition) is 1. The van der Waals surface area contributed by atoms with E-state index in [-0.39, 0.29) is 5.92 Å². The Balaban J connectivity index is 2.38. The molecule has 2 rings (SSSR count). The molecule has 4 heteroatoms. The van der Waals surface area contributed by atoms with Gasteiger partial charge in [-0.1, -0.05) is 35.3 Å². The second-order valence-electron chi connectivity index (χ2n) is 4.06. The normalized spacial score (nSPS) is 12.4. The predicted octanol–water partition coefficient (Wildman–Crippen LogP) is 3.87. The summed E-state index contributed by atoms with van der Waals surface area (Å²) < 4.78 is 0. The molecule has 1 aromatic heterocycles. The summed E-state index contributed by atoms with van der Waals surface area (Å²) in [6.45, 7) is 0.599. The topological polar surface area (TPSA) is 38.9 Å². The number of halogens is 2. The Morgan fingerprint density at radius 2 is 1.94 bits per heavy atom. The summed E-state index contributed by atoms with van der Waals surface area (Å²) in [5, 5.41) is 1.13. The number of nitrogens with two attached hydrogens (primary N) is 1. The van der Waals surface area contributed by atoms with Gasteiger partial charge in [0, 0.05) is 17.8 Å². The Morgan fingerprint density at radius 1 is 1.11 bits per heavy atom. The van der Waals surface area contributed by atoms with Crippen LogP contribution in [-0.4, -0.2) is 11.5 Å². The number of benzene rings is 1. The monoisotopic (exact) mass is 280 g/mol. The Kier molecular flexibility index (Phi) is 4.59. The molecule has 0 amide bonds. The number of rotatable bonds is 4. The third kappa shape index (κ3) is 3.02. The van der Waals surface area contributed by atoms with Gasteiger partial charge in [0.05, 0.1) is 10.0 Å². The molecule has 0 saturated carbocycles. The van der Waals surface area contributed by atoms with Crippen LogP contribution in [0.3, 0.4) is 0 Å². The van der Waals surface area contributed by atoms with Crippen LogP contribution in [0.1, 0.15) is 23.6 Å².